The van der Waals surface area contributed by atoms with Crippen molar-refractivity contribution in [2.75, 3.05) is 7.11 Å². The second kappa shape index (κ2) is 5.36. The van der Waals surface area contributed by atoms with Gasteiger partial charge in [-0.05, 0) is 54.8 Å². The molecule has 0 fully saturated rings. The summed E-state index contributed by atoms with van der Waals surface area (Å²) in [5, 5.41) is 10.3. The van der Waals surface area contributed by atoms with Crippen molar-refractivity contribution in [3.63, 3.8) is 0 Å². The van der Waals surface area contributed by atoms with Crippen LogP contribution in [0.3, 0.4) is 0 Å². The zero-order valence-corrected chi connectivity index (χ0v) is 11.1. The fraction of sp³-hybridized carbons (Fsp3) is 0.267. The lowest BCUT2D eigenvalue weighted by molar-refractivity contribution is 0.214. The number of halogens is 1. The van der Waals surface area contributed by atoms with Crippen molar-refractivity contribution in [1.82, 2.24) is 4.98 Å². The van der Waals surface area contributed by atoms with Crippen LogP contribution in [0.4, 0.5) is 4.39 Å². The summed E-state index contributed by atoms with van der Waals surface area (Å²) >= 11 is 0. The van der Waals surface area contributed by atoms with Crippen LogP contribution in [0.5, 0.6) is 5.75 Å². The zero-order chi connectivity index (χ0) is 14.0. The van der Waals surface area contributed by atoms with Gasteiger partial charge in [0.15, 0.2) is 0 Å². The van der Waals surface area contributed by atoms with E-state index in [1.54, 1.807) is 7.11 Å². The number of pyridine rings is 1. The molecule has 4 heteroatoms. The highest BCUT2D eigenvalue weighted by atomic mass is 19.1. The molecule has 100 valence electrons. The van der Waals surface area contributed by atoms with Gasteiger partial charge in [0.2, 0.25) is 0 Å². The molecule has 3 nitrogen and oxygen atoms in total. The molecule has 0 spiro atoms. The molecule has 1 N–H and O–H groups in total. The topological polar surface area (TPSA) is 42.4 Å². The minimum atomic E-state index is -0.870. The van der Waals surface area contributed by atoms with Gasteiger partial charge in [-0.15, -0.1) is 0 Å². The molecule has 0 aliphatic heterocycles. The highest BCUT2D eigenvalue weighted by Crippen LogP contribution is 2.29. The Balaban J connectivity index is 2.41. The van der Waals surface area contributed by atoms with Gasteiger partial charge in [-0.1, -0.05) is 0 Å². The van der Waals surface area contributed by atoms with E-state index in [0.717, 1.165) is 28.6 Å². The number of ether oxygens (including phenoxy) is 1. The van der Waals surface area contributed by atoms with Gasteiger partial charge >= 0.3 is 0 Å². The average molecular weight is 261 g/mol. The molecule has 1 atom stereocenters. The van der Waals surface area contributed by atoms with E-state index in [2.05, 4.69) is 4.98 Å². The van der Waals surface area contributed by atoms with Crippen molar-refractivity contribution in [2.24, 2.45) is 0 Å². The van der Waals surface area contributed by atoms with Gasteiger partial charge < -0.3 is 9.84 Å². The first-order chi connectivity index (χ1) is 9.02. The molecule has 2 aromatic rings. The first-order valence-electron chi connectivity index (χ1n) is 5.97. The number of methoxy groups -OCH3 is 1. The molecule has 1 unspecified atom stereocenters. The lowest BCUT2D eigenvalue weighted by Crippen LogP contribution is -2.05. The Labute approximate surface area is 111 Å². The molecule has 19 heavy (non-hydrogen) atoms. The van der Waals surface area contributed by atoms with Gasteiger partial charge in [0.1, 0.15) is 17.7 Å². The van der Waals surface area contributed by atoms with Crippen LogP contribution in [0.1, 0.15) is 28.5 Å². The number of nitrogens with zero attached hydrogens (tertiary/aromatic N) is 1. The van der Waals surface area contributed by atoms with Crippen molar-refractivity contribution in [1.29, 1.82) is 0 Å². The maximum atomic E-state index is 12.8. The molecular weight excluding hydrogens is 245 g/mol. The van der Waals surface area contributed by atoms with Crippen LogP contribution in [0.25, 0.3) is 0 Å². The van der Waals surface area contributed by atoms with Gasteiger partial charge in [-0.25, -0.2) is 4.39 Å². The summed E-state index contributed by atoms with van der Waals surface area (Å²) < 4.78 is 18.1. The Morgan fingerprint density at radius 2 is 1.95 bits per heavy atom. The van der Waals surface area contributed by atoms with Crippen molar-refractivity contribution >= 4 is 0 Å². The Hall–Kier alpha value is -1.94. The van der Waals surface area contributed by atoms with Crippen LogP contribution in [-0.4, -0.2) is 17.2 Å². The molecule has 0 saturated carbocycles. The first-order valence-corrected chi connectivity index (χ1v) is 5.97. The number of aliphatic hydroxyl groups is 1. The second-order valence-corrected chi connectivity index (χ2v) is 4.48. The molecule has 0 saturated heterocycles. The van der Waals surface area contributed by atoms with E-state index in [0.29, 0.717) is 5.69 Å². The first kappa shape index (κ1) is 13.5. The quantitative estimate of drug-likeness (QED) is 0.923. The SMILES string of the molecule is COc1cc(C)c(C(O)c2ccc(F)cn2)cc1C. The summed E-state index contributed by atoms with van der Waals surface area (Å²) in [4.78, 5) is 3.91. The summed E-state index contributed by atoms with van der Waals surface area (Å²) in [5.74, 6) is 0.360. The number of aliphatic hydroxyl groups excluding tert-OH is 1. The minimum Gasteiger partial charge on any atom is -0.496 e. The number of hydrogen-bond acceptors (Lipinski definition) is 3. The lowest BCUT2D eigenvalue weighted by atomic mass is 9.98. The molecule has 0 amide bonds. The maximum absolute atomic E-state index is 12.8. The third-order valence-corrected chi connectivity index (χ3v) is 3.11. The standard InChI is InChI=1S/C15H16FNO2/c1-9-7-14(19-3)10(2)6-12(9)15(18)13-5-4-11(16)8-17-13/h4-8,15,18H,1-3H3. The predicted molar refractivity (Wildman–Crippen MR) is 70.7 cm³/mol. The van der Waals surface area contributed by atoms with E-state index in [9.17, 15) is 9.50 Å². The Morgan fingerprint density at radius 1 is 1.21 bits per heavy atom. The number of hydrogen-bond donors (Lipinski definition) is 1. The summed E-state index contributed by atoms with van der Waals surface area (Å²) in [7, 11) is 1.61. The van der Waals surface area contributed by atoms with Crippen LogP contribution in [0.2, 0.25) is 0 Å². The normalized spacial score (nSPS) is 12.3. The fourth-order valence-corrected chi connectivity index (χ4v) is 2.03. The van der Waals surface area contributed by atoms with Crippen molar-refractivity contribution in [2.45, 2.75) is 20.0 Å². The van der Waals surface area contributed by atoms with Gasteiger partial charge in [0.25, 0.3) is 0 Å². The molecule has 1 heterocycles. The molecule has 0 aliphatic carbocycles. The highest BCUT2D eigenvalue weighted by Gasteiger charge is 2.16. The van der Waals surface area contributed by atoms with Crippen LogP contribution in [0, 0.1) is 19.7 Å². The van der Waals surface area contributed by atoms with Crippen LogP contribution in [-0.2, 0) is 0 Å². The summed E-state index contributed by atoms with van der Waals surface area (Å²) in [6.45, 7) is 3.80. The van der Waals surface area contributed by atoms with Crippen LogP contribution < -0.4 is 4.74 Å². The van der Waals surface area contributed by atoms with Gasteiger partial charge in [0.05, 0.1) is 19.0 Å². The fourth-order valence-electron chi connectivity index (χ4n) is 2.03. The van der Waals surface area contributed by atoms with Gasteiger partial charge in [-0.2, -0.15) is 0 Å². The zero-order valence-electron chi connectivity index (χ0n) is 11.1. The Bertz CT molecular complexity index is 581. The van der Waals surface area contributed by atoms with Crippen LogP contribution in [0.15, 0.2) is 30.5 Å². The van der Waals surface area contributed by atoms with Crippen molar-refractivity contribution in [3.8, 4) is 5.75 Å². The van der Waals surface area contributed by atoms with E-state index >= 15 is 0 Å². The minimum absolute atomic E-state index is 0.418. The van der Waals surface area contributed by atoms with Crippen molar-refractivity contribution < 1.29 is 14.2 Å². The van der Waals surface area contributed by atoms with E-state index in [1.807, 2.05) is 26.0 Å². The predicted octanol–water partition coefficient (Wildman–Crippen LogP) is 2.93. The number of aryl methyl sites for hydroxylation is 2. The van der Waals surface area contributed by atoms with E-state index in [4.69, 9.17) is 4.74 Å². The molecule has 1 aromatic heterocycles. The molecule has 0 aliphatic rings. The second-order valence-electron chi connectivity index (χ2n) is 4.48. The number of aromatic nitrogens is 1. The third kappa shape index (κ3) is 2.74. The van der Waals surface area contributed by atoms with Gasteiger partial charge in [-0.3, -0.25) is 4.98 Å². The molecule has 0 bridgehead atoms. The monoisotopic (exact) mass is 261 g/mol. The maximum Gasteiger partial charge on any atom is 0.141 e. The van der Waals surface area contributed by atoms with Crippen LogP contribution >= 0.6 is 0 Å². The smallest absolute Gasteiger partial charge is 0.141 e. The van der Waals surface area contributed by atoms with E-state index < -0.39 is 11.9 Å². The van der Waals surface area contributed by atoms with Gasteiger partial charge in [0, 0.05) is 0 Å². The molecule has 0 radical (unpaired) electrons. The van der Waals surface area contributed by atoms with Crippen molar-refractivity contribution in [3.05, 3.63) is 58.7 Å². The summed E-state index contributed by atoms with van der Waals surface area (Å²) in [6.07, 6.45) is 0.231. The lowest BCUT2D eigenvalue weighted by Gasteiger charge is -2.16. The number of benzene rings is 1. The molecular formula is C15H16FNO2. The summed E-state index contributed by atoms with van der Waals surface area (Å²) in [6, 6.07) is 6.51. The largest absolute Gasteiger partial charge is 0.496 e. The van der Waals surface area contributed by atoms with E-state index in [1.165, 1.54) is 12.1 Å². The Morgan fingerprint density at radius 3 is 2.53 bits per heavy atom. The number of rotatable bonds is 3. The summed E-state index contributed by atoms with van der Waals surface area (Å²) in [5.41, 5.74) is 3.01. The molecule has 2 rings (SSSR count). The molecule has 1 aromatic carbocycles. The Kier molecular flexibility index (Phi) is 3.81. The average Bonchev–Trinajstić information content (AvgIpc) is 2.41. The highest BCUT2D eigenvalue weighted by molar-refractivity contribution is 5.44. The third-order valence-electron chi connectivity index (χ3n) is 3.11. The van der Waals surface area contributed by atoms with E-state index in [-0.39, 0.29) is 0 Å².